The zero-order valence-electron chi connectivity index (χ0n) is 11.2. The molecule has 3 rings (SSSR count). The van der Waals surface area contributed by atoms with Gasteiger partial charge in [0.2, 0.25) is 0 Å². The Bertz CT molecular complexity index is 866. The molecule has 0 spiro atoms. The minimum atomic E-state index is -0.388. The van der Waals surface area contributed by atoms with E-state index < -0.39 is 0 Å². The van der Waals surface area contributed by atoms with Gasteiger partial charge in [0.25, 0.3) is 0 Å². The lowest BCUT2D eigenvalue weighted by molar-refractivity contribution is 0.630. The van der Waals surface area contributed by atoms with Gasteiger partial charge in [-0.2, -0.15) is 5.26 Å². The molecule has 0 atom stereocenters. The predicted molar refractivity (Wildman–Crippen MR) is 79.7 cm³/mol. The van der Waals surface area contributed by atoms with Gasteiger partial charge in [-0.1, -0.05) is 24.3 Å². The first-order valence-electron chi connectivity index (χ1n) is 6.51. The van der Waals surface area contributed by atoms with Crippen LogP contribution in [0, 0.1) is 17.1 Å². The largest absolute Gasteiger partial charge is 0.326 e. The smallest absolute Gasteiger partial charge is 0.149 e. The number of fused-ring (bicyclic) bond motifs is 1. The van der Waals surface area contributed by atoms with Crippen molar-refractivity contribution in [1.82, 2.24) is 4.98 Å². The number of hydrogen-bond acceptors (Lipinski definition) is 3. The third-order valence-electron chi connectivity index (χ3n) is 3.39. The van der Waals surface area contributed by atoms with E-state index in [1.54, 1.807) is 18.2 Å². The van der Waals surface area contributed by atoms with Gasteiger partial charge < -0.3 is 5.73 Å². The highest BCUT2D eigenvalue weighted by atomic mass is 19.1. The molecule has 102 valence electrons. The first-order chi connectivity index (χ1) is 10.2. The van der Waals surface area contributed by atoms with E-state index in [-0.39, 0.29) is 11.5 Å². The molecule has 3 aromatic rings. The third-order valence-corrected chi connectivity index (χ3v) is 3.39. The van der Waals surface area contributed by atoms with E-state index in [1.165, 1.54) is 6.07 Å². The van der Waals surface area contributed by atoms with Gasteiger partial charge in [0.15, 0.2) is 0 Å². The van der Waals surface area contributed by atoms with Crippen molar-refractivity contribution in [3.63, 3.8) is 0 Å². The molecule has 0 unspecified atom stereocenters. The summed E-state index contributed by atoms with van der Waals surface area (Å²) in [6.45, 7) is 0.316. The van der Waals surface area contributed by atoms with Gasteiger partial charge >= 0.3 is 0 Å². The fourth-order valence-corrected chi connectivity index (χ4v) is 2.31. The fourth-order valence-electron chi connectivity index (χ4n) is 2.31. The van der Waals surface area contributed by atoms with Crippen LogP contribution in [-0.4, -0.2) is 4.98 Å². The Labute approximate surface area is 121 Å². The number of nitrogens with zero attached hydrogens (tertiary/aromatic N) is 2. The second-order valence-corrected chi connectivity index (χ2v) is 4.71. The third kappa shape index (κ3) is 2.35. The SMILES string of the molecule is N#Cc1nc2ccccc2cc1-c1cc(CN)ccc1F. The van der Waals surface area contributed by atoms with E-state index in [9.17, 15) is 9.65 Å². The monoisotopic (exact) mass is 277 g/mol. The first-order valence-corrected chi connectivity index (χ1v) is 6.51. The van der Waals surface area contributed by atoms with Crippen LogP contribution in [0.3, 0.4) is 0 Å². The molecule has 3 nitrogen and oxygen atoms in total. The first kappa shape index (κ1) is 13.2. The zero-order chi connectivity index (χ0) is 14.8. The number of nitrogens with two attached hydrogens (primary N) is 1. The van der Waals surface area contributed by atoms with Crippen molar-refractivity contribution in [2.75, 3.05) is 0 Å². The summed E-state index contributed by atoms with van der Waals surface area (Å²) >= 11 is 0. The highest BCUT2D eigenvalue weighted by Gasteiger charge is 2.13. The molecule has 2 aromatic carbocycles. The standard InChI is InChI=1S/C17H12FN3/c18-15-6-5-11(9-19)7-13(15)14-8-12-3-1-2-4-16(12)21-17(14)10-20/h1-8H,9,19H2. The molecular weight excluding hydrogens is 265 g/mol. The van der Waals surface area contributed by atoms with Crippen LogP contribution in [0.15, 0.2) is 48.5 Å². The van der Waals surface area contributed by atoms with Crippen LogP contribution in [0.2, 0.25) is 0 Å². The maximum Gasteiger partial charge on any atom is 0.149 e. The summed E-state index contributed by atoms with van der Waals surface area (Å²) < 4.78 is 14.1. The average molecular weight is 277 g/mol. The molecular formula is C17H12FN3. The summed E-state index contributed by atoms with van der Waals surface area (Å²) in [5.74, 6) is -0.388. The Hall–Kier alpha value is -2.77. The van der Waals surface area contributed by atoms with Crippen molar-refractivity contribution in [1.29, 1.82) is 5.26 Å². The molecule has 0 bridgehead atoms. The minimum Gasteiger partial charge on any atom is -0.326 e. The van der Waals surface area contributed by atoms with Gasteiger partial charge in [-0.15, -0.1) is 0 Å². The van der Waals surface area contributed by atoms with Crippen molar-refractivity contribution in [2.24, 2.45) is 5.73 Å². The Morgan fingerprint density at radius 2 is 1.90 bits per heavy atom. The number of nitriles is 1. The molecule has 21 heavy (non-hydrogen) atoms. The molecule has 1 heterocycles. The van der Waals surface area contributed by atoms with E-state index in [4.69, 9.17) is 5.73 Å². The summed E-state index contributed by atoms with van der Waals surface area (Å²) in [6.07, 6.45) is 0. The summed E-state index contributed by atoms with van der Waals surface area (Å²) in [5, 5.41) is 10.2. The van der Waals surface area contributed by atoms with Gasteiger partial charge in [-0.3, -0.25) is 0 Å². The quantitative estimate of drug-likeness (QED) is 0.781. The van der Waals surface area contributed by atoms with E-state index in [2.05, 4.69) is 4.98 Å². The molecule has 0 saturated carbocycles. The lowest BCUT2D eigenvalue weighted by Gasteiger charge is -2.09. The summed E-state index contributed by atoms with van der Waals surface area (Å²) in [7, 11) is 0. The van der Waals surface area contributed by atoms with Crippen LogP contribution < -0.4 is 5.73 Å². The Morgan fingerprint density at radius 3 is 2.67 bits per heavy atom. The topological polar surface area (TPSA) is 62.7 Å². The van der Waals surface area contributed by atoms with Gasteiger partial charge in [-0.05, 0) is 29.8 Å². The number of rotatable bonds is 2. The number of hydrogen-bond donors (Lipinski definition) is 1. The van der Waals surface area contributed by atoms with Gasteiger partial charge in [0.05, 0.1) is 5.52 Å². The summed E-state index contributed by atoms with van der Waals surface area (Å²) in [4.78, 5) is 4.31. The molecule has 0 aliphatic carbocycles. The number of para-hydroxylation sites is 1. The number of halogens is 1. The van der Waals surface area contributed by atoms with E-state index >= 15 is 0 Å². The number of benzene rings is 2. The van der Waals surface area contributed by atoms with E-state index in [1.807, 2.05) is 30.3 Å². The van der Waals surface area contributed by atoms with Crippen LogP contribution in [0.4, 0.5) is 4.39 Å². The molecule has 0 radical (unpaired) electrons. The van der Waals surface area contributed by atoms with Crippen molar-refractivity contribution in [3.8, 4) is 17.2 Å². The number of pyridine rings is 1. The van der Waals surface area contributed by atoms with Gasteiger partial charge in [0.1, 0.15) is 17.6 Å². The van der Waals surface area contributed by atoms with E-state index in [0.717, 1.165) is 10.9 Å². The predicted octanol–water partition coefficient (Wildman–Crippen LogP) is 3.37. The second kappa shape index (κ2) is 5.31. The van der Waals surface area contributed by atoms with Crippen molar-refractivity contribution in [3.05, 3.63) is 65.6 Å². The lowest BCUT2D eigenvalue weighted by Crippen LogP contribution is -1.99. The van der Waals surface area contributed by atoms with Crippen molar-refractivity contribution < 1.29 is 4.39 Å². The highest BCUT2D eigenvalue weighted by Crippen LogP contribution is 2.29. The van der Waals surface area contributed by atoms with Gasteiger partial charge in [-0.25, -0.2) is 9.37 Å². The molecule has 1 aromatic heterocycles. The van der Waals surface area contributed by atoms with Crippen molar-refractivity contribution in [2.45, 2.75) is 6.54 Å². The summed E-state index contributed by atoms with van der Waals surface area (Å²) in [5.41, 5.74) is 8.18. The maximum absolute atomic E-state index is 14.1. The van der Waals surface area contributed by atoms with Crippen LogP contribution in [0.5, 0.6) is 0 Å². The van der Waals surface area contributed by atoms with Gasteiger partial charge in [0, 0.05) is 23.1 Å². The van der Waals surface area contributed by atoms with E-state index in [0.29, 0.717) is 23.2 Å². The van der Waals surface area contributed by atoms with Crippen LogP contribution in [0.25, 0.3) is 22.0 Å². The molecule has 0 saturated heterocycles. The fraction of sp³-hybridized carbons (Fsp3) is 0.0588. The Morgan fingerprint density at radius 1 is 1.10 bits per heavy atom. The second-order valence-electron chi connectivity index (χ2n) is 4.71. The molecule has 4 heteroatoms. The zero-order valence-corrected chi connectivity index (χ0v) is 11.2. The number of aromatic nitrogens is 1. The van der Waals surface area contributed by atoms with Crippen LogP contribution in [-0.2, 0) is 6.54 Å². The molecule has 2 N–H and O–H groups in total. The highest BCUT2D eigenvalue weighted by molar-refractivity contribution is 5.86. The van der Waals surface area contributed by atoms with Crippen molar-refractivity contribution >= 4 is 10.9 Å². The summed E-state index contributed by atoms with van der Waals surface area (Å²) in [6, 6.07) is 16.0. The Kier molecular flexibility index (Phi) is 3.35. The van der Waals surface area contributed by atoms with Crippen LogP contribution in [0.1, 0.15) is 11.3 Å². The normalized spacial score (nSPS) is 10.5. The molecule has 0 aliphatic heterocycles. The lowest BCUT2D eigenvalue weighted by atomic mass is 9.99. The molecule has 0 amide bonds. The minimum absolute atomic E-state index is 0.210. The molecule has 0 aliphatic rings. The van der Waals surface area contributed by atoms with Crippen LogP contribution >= 0.6 is 0 Å². The average Bonchev–Trinajstić information content (AvgIpc) is 2.54. The molecule has 0 fully saturated rings. The Balaban J connectivity index is 2.31. The maximum atomic E-state index is 14.1.